The summed E-state index contributed by atoms with van der Waals surface area (Å²) in [5, 5.41) is 24.3. The number of carbonyl (C=O) groups excluding carboxylic acids is 1. The van der Waals surface area contributed by atoms with Crippen LogP contribution in [-0.2, 0) is 16.6 Å². The summed E-state index contributed by atoms with van der Waals surface area (Å²) < 4.78 is 12.3. The summed E-state index contributed by atoms with van der Waals surface area (Å²) in [4.78, 5) is 17.6. The molecule has 208 valence electrons. The molecule has 0 aromatic heterocycles. The molecule has 5 atom stereocenters. The molecule has 1 amide bonds. The lowest BCUT2D eigenvalue weighted by Gasteiger charge is -2.64. The van der Waals surface area contributed by atoms with Crippen molar-refractivity contribution in [3.63, 3.8) is 0 Å². The van der Waals surface area contributed by atoms with Crippen LogP contribution in [0.5, 0.6) is 17.2 Å². The lowest BCUT2D eigenvalue weighted by Crippen LogP contribution is -2.78. The van der Waals surface area contributed by atoms with E-state index in [2.05, 4.69) is 4.90 Å². The van der Waals surface area contributed by atoms with Gasteiger partial charge in [0.1, 0.15) is 11.9 Å². The number of nitrogens with zero attached hydrogens (tertiary/aromatic N) is 2. The van der Waals surface area contributed by atoms with Gasteiger partial charge in [0.2, 0.25) is 0 Å². The zero-order valence-electron chi connectivity index (χ0n) is 21.6. The maximum atomic E-state index is 13.4. The van der Waals surface area contributed by atoms with Gasteiger partial charge < -0.3 is 24.6 Å². The number of likely N-dealkylation sites (N-methyl/N-ethyl adjacent to an activating group) is 1. The van der Waals surface area contributed by atoms with E-state index < -0.39 is 17.1 Å². The van der Waals surface area contributed by atoms with Crippen LogP contribution in [0, 0.1) is 5.92 Å². The Balaban J connectivity index is 1.20. The number of piperidine rings is 1. The number of phenolic OH excluding ortho intramolecular Hbond substituents is 1. The highest BCUT2D eigenvalue weighted by Gasteiger charge is 2.73. The molecule has 5 aliphatic rings. The molecule has 10 heteroatoms. The first kappa shape index (κ1) is 26.0. The van der Waals surface area contributed by atoms with E-state index in [1.54, 1.807) is 18.0 Å². The minimum atomic E-state index is -0.999. The van der Waals surface area contributed by atoms with Crippen LogP contribution in [0.4, 0.5) is 0 Å². The lowest BCUT2D eigenvalue weighted by molar-refractivity contribution is -0.200. The highest BCUT2D eigenvalue weighted by molar-refractivity contribution is 6.43. The second-order valence-corrected chi connectivity index (χ2v) is 13.1. The average molecular weight is 594 g/mol. The molecular formula is C29H31Cl3N2O5. The van der Waals surface area contributed by atoms with Crippen LogP contribution >= 0.6 is 34.8 Å². The number of hydrogen-bond donors (Lipinski definition) is 2. The molecule has 3 fully saturated rings. The maximum Gasteiger partial charge on any atom is 0.260 e. The van der Waals surface area contributed by atoms with Gasteiger partial charge in [-0.25, -0.2) is 0 Å². The maximum absolute atomic E-state index is 13.4. The Morgan fingerprint density at radius 2 is 1.92 bits per heavy atom. The smallest absolute Gasteiger partial charge is 0.260 e. The van der Waals surface area contributed by atoms with Gasteiger partial charge in [0.25, 0.3) is 5.91 Å². The molecule has 2 aromatic rings. The number of halogens is 3. The molecule has 0 unspecified atom stereocenters. The van der Waals surface area contributed by atoms with Crippen LogP contribution in [0.1, 0.15) is 43.2 Å². The van der Waals surface area contributed by atoms with Crippen molar-refractivity contribution in [2.75, 3.05) is 26.7 Å². The van der Waals surface area contributed by atoms with E-state index in [0.29, 0.717) is 23.6 Å². The first-order valence-electron chi connectivity index (χ1n) is 13.7. The fraction of sp³-hybridized carbons (Fsp3) is 0.552. The van der Waals surface area contributed by atoms with Gasteiger partial charge in [0.05, 0.1) is 32.1 Å². The van der Waals surface area contributed by atoms with Crippen molar-refractivity contribution in [3.05, 3.63) is 50.5 Å². The molecule has 2 saturated carbocycles. The van der Waals surface area contributed by atoms with E-state index in [1.165, 1.54) is 25.0 Å². The molecule has 2 N–H and O–H groups in total. The molecule has 2 heterocycles. The number of aliphatic hydroxyl groups is 1. The van der Waals surface area contributed by atoms with Crippen LogP contribution in [0.25, 0.3) is 0 Å². The summed E-state index contributed by atoms with van der Waals surface area (Å²) in [7, 11) is 1.75. The van der Waals surface area contributed by atoms with Crippen LogP contribution in [0.2, 0.25) is 15.1 Å². The molecule has 7 nitrogen and oxygen atoms in total. The molecule has 2 aliphatic heterocycles. The Morgan fingerprint density at radius 3 is 2.69 bits per heavy atom. The number of hydrogen-bond acceptors (Lipinski definition) is 6. The van der Waals surface area contributed by atoms with Gasteiger partial charge in [-0.05, 0) is 68.7 Å². The standard InChI is InChI=1S/C29H31Cl3N2O5/c1-33(24(36)14-38-22-12-18(31)17(30)11-19(22)32)20-6-7-29(37)23-10-16-4-5-21(35)26-25(16)28(29,27(20)39-26)8-9-34(23)13-15-2-3-15/h4-5,11-12,15,20,23,27,35,37H,2-3,6-10,13-14H2,1H3/t20-,23+,27-,28-,29+/m0/s1. The summed E-state index contributed by atoms with van der Waals surface area (Å²) in [6, 6.07) is 6.35. The monoisotopic (exact) mass is 592 g/mol. The minimum absolute atomic E-state index is 0.0111. The number of amides is 1. The van der Waals surface area contributed by atoms with Gasteiger partial charge in [-0.1, -0.05) is 40.9 Å². The largest absolute Gasteiger partial charge is 0.504 e. The normalized spacial score (nSPS) is 32.4. The van der Waals surface area contributed by atoms with Crippen LogP contribution in [-0.4, -0.2) is 76.5 Å². The quantitative estimate of drug-likeness (QED) is 0.468. The van der Waals surface area contributed by atoms with E-state index in [1.807, 2.05) is 6.07 Å². The molecule has 2 bridgehead atoms. The molecule has 7 rings (SSSR count). The first-order valence-corrected chi connectivity index (χ1v) is 14.8. The first-order chi connectivity index (χ1) is 18.6. The van der Waals surface area contributed by atoms with Gasteiger partial charge in [0.15, 0.2) is 18.1 Å². The Labute approximate surface area is 242 Å². The average Bonchev–Trinajstić information content (AvgIpc) is 3.65. The molecular weight excluding hydrogens is 563 g/mol. The second kappa shape index (κ2) is 9.05. The number of phenols is 1. The summed E-state index contributed by atoms with van der Waals surface area (Å²) in [5.41, 5.74) is 0.390. The van der Waals surface area contributed by atoms with Crippen molar-refractivity contribution >= 4 is 40.7 Å². The van der Waals surface area contributed by atoms with E-state index in [9.17, 15) is 15.0 Å². The van der Waals surface area contributed by atoms with Crippen LogP contribution in [0.15, 0.2) is 24.3 Å². The fourth-order valence-corrected chi connectivity index (χ4v) is 8.48. The zero-order valence-corrected chi connectivity index (χ0v) is 23.9. The fourth-order valence-electron chi connectivity index (χ4n) is 7.89. The Kier molecular flexibility index (Phi) is 6.04. The van der Waals surface area contributed by atoms with Crippen molar-refractivity contribution in [2.24, 2.45) is 5.92 Å². The number of benzene rings is 2. The Bertz CT molecular complexity index is 1370. The molecule has 1 spiro atoms. The van der Waals surface area contributed by atoms with Crippen molar-refractivity contribution in [1.82, 2.24) is 9.80 Å². The molecule has 2 aromatic carbocycles. The van der Waals surface area contributed by atoms with Gasteiger partial charge >= 0.3 is 0 Å². The van der Waals surface area contributed by atoms with E-state index in [-0.39, 0.29) is 46.1 Å². The predicted molar refractivity (Wildman–Crippen MR) is 148 cm³/mol. The lowest BCUT2D eigenvalue weighted by atomic mass is 9.48. The van der Waals surface area contributed by atoms with E-state index in [0.717, 1.165) is 43.0 Å². The number of rotatable bonds is 6. The predicted octanol–water partition coefficient (Wildman–Crippen LogP) is 4.82. The van der Waals surface area contributed by atoms with E-state index >= 15 is 0 Å². The van der Waals surface area contributed by atoms with Crippen molar-refractivity contribution in [3.8, 4) is 17.2 Å². The Morgan fingerprint density at radius 1 is 1.15 bits per heavy atom. The summed E-state index contributed by atoms with van der Waals surface area (Å²) in [5.74, 6) is 1.31. The number of aromatic hydroxyl groups is 1. The SMILES string of the molecule is CN(C(=O)COc1cc(Cl)c(Cl)cc1Cl)[C@H]1CC[C@@]2(O)[C@H]3Cc4ccc(O)c5c4[C@@]2(CCN3CC2CC2)[C@H]1O5. The minimum Gasteiger partial charge on any atom is -0.504 e. The summed E-state index contributed by atoms with van der Waals surface area (Å²) >= 11 is 18.4. The Hall–Kier alpha value is -1.90. The van der Waals surface area contributed by atoms with Crippen molar-refractivity contribution in [2.45, 2.75) is 67.7 Å². The van der Waals surface area contributed by atoms with Gasteiger partial charge in [-0.3, -0.25) is 9.69 Å². The second-order valence-electron chi connectivity index (χ2n) is 11.9. The molecule has 0 radical (unpaired) electrons. The van der Waals surface area contributed by atoms with E-state index in [4.69, 9.17) is 44.3 Å². The molecule has 1 saturated heterocycles. The summed E-state index contributed by atoms with van der Waals surface area (Å²) in [6.45, 7) is 1.64. The summed E-state index contributed by atoms with van der Waals surface area (Å²) in [6.07, 6.45) is 4.63. The van der Waals surface area contributed by atoms with Crippen molar-refractivity contribution in [1.29, 1.82) is 0 Å². The number of likely N-dealkylation sites (tertiary alicyclic amines) is 1. The zero-order chi connectivity index (χ0) is 27.3. The van der Waals surface area contributed by atoms with Gasteiger partial charge in [0, 0.05) is 31.3 Å². The molecule has 3 aliphatic carbocycles. The van der Waals surface area contributed by atoms with Gasteiger partial charge in [-0.2, -0.15) is 0 Å². The number of ether oxygens (including phenoxy) is 2. The highest BCUT2D eigenvalue weighted by Crippen LogP contribution is 2.66. The highest BCUT2D eigenvalue weighted by atomic mass is 35.5. The number of carbonyl (C=O) groups is 1. The topological polar surface area (TPSA) is 82.5 Å². The van der Waals surface area contributed by atoms with Crippen LogP contribution in [0.3, 0.4) is 0 Å². The third kappa shape index (κ3) is 3.73. The molecule has 39 heavy (non-hydrogen) atoms. The third-order valence-electron chi connectivity index (χ3n) is 9.95. The van der Waals surface area contributed by atoms with Crippen molar-refractivity contribution < 1.29 is 24.5 Å². The third-order valence-corrected chi connectivity index (χ3v) is 11.0. The van der Waals surface area contributed by atoms with Crippen LogP contribution < -0.4 is 9.47 Å². The van der Waals surface area contributed by atoms with Gasteiger partial charge in [-0.15, -0.1) is 0 Å².